The van der Waals surface area contributed by atoms with Gasteiger partial charge in [0.1, 0.15) is 0 Å². The van der Waals surface area contributed by atoms with E-state index in [1.165, 1.54) is 6.07 Å². The van der Waals surface area contributed by atoms with Gasteiger partial charge in [0.15, 0.2) is 0 Å². The zero-order valence-corrected chi connectivity index (χ0v) is 10.7. The third kappa shape index (κ3) is 2.60. The predicted octanol–water partition coefficient (Wildman–Crippen LogP) is 3.63. The molecule has 6 heteroatoms. The van der Waals surface area contributed by atoms with Crippen molar-refractivity contribution < 1.29 is 9.90 Å². The Bertz CT molecular complexity index is 581. The van der Waals surface area contributed by atoms with Crippen molar-refractivity contribution in [2.75, 3.05) is 5.32 Å². The van der Waals surface area contributed by atoms with Gasteiger partial charge >= 0.3 is 5.97 Å². The monoisotopic (exact) mass is 284 g/mol. The molecule has 2 aromatic rings. The predicted molar refractivity (Wildman–Crippen MR) is 71.5 cm³/mol. The summed E-state index contributed by atoms with van der Waals surface area (Å²) < 4.78 is 0. The van der Waals surface area contributed by atoms with Gasteiger partial charge in [-0.1, -0.05) is 29.3 Å². The van der Waals surface area contributed by atoms with E-state index in [-0.39, 0.29) is 5.56 Å². The van der Waals surface area contributed by atoms with Crippen LogP contribution in [-0.4, -0.2) is 16.1 Å². The van der Waals surface area contributed by atoms with E-state index >= 15 is 0 Å². The first-order chi connectivity index (χ1) is 8.59. The molecular formula is C12H10Cl2N2O2. The van der Waals surface area contributed by atoms with E-state index in [1.54, 1.807) is 24.4 Å². The highest BCUT2D eigenvalue weighted by molar-refractivity contribution is 6.43. The highest BCUT2D eigenvalue weighted by Crippen LogP contribution is 2.29. The number of hydrogen-bond acceptors (Lipinski definition) is 2. The van der Waals surface area contributed by atoms with E-state index in [4.69, 9.17) is 28.3 Å². The first-order valence-electron chi connectivity index (χ1n) is 5.17. The normalized spacial score (nSPS) is 10.3. The molecule has 3 N–H and O–H groups in total. The van der Waals surface area contributed by atoms with Crippen molar-refractivity contribution in [3.05, 3.63) is 51.8 Å². The molecule has 0 amide bonds. The van der Waals surface area contributed by atoms with Gasteiger partial charge in [0.05, 0.1) is 27.8 Å². The van der Waals surface area contributed by atoms with Crippen LogP contribution in [0.15, 0.2) is 30.5 Å². The van der Waals surface area contributed by atoms with Crippen LogP contribution in [0, 0.1) is 0 Å². The van der Waals surface area contributed by atoms with Crippen molar-refractivity contribution in [2.45, 2.75) is 6.54 Å². The Balaban J connectivity index is 2.14. The Morgan fingerprint density at radius 2 is 2.11 bits per heavy atom. The van der Waals surface area contributed by atoms with Crippen molar-refractivity contribution in [1.29, 1.82) is 0 Å². The van der Waals surface area contributed by atoms with Crippen molar-refractivity contribution in [3.8, 4) is 0 Å². The number of aromatic carboxylic acids is 1. The van der Waals surface area contributed by atoms with Gasteiger partial charge in [0.2, 0.25) is 0 Å². The molecule has 18 heavy (non-hydrogen) atoms. The number of nitrogens with one attached hydrogen (secondary N) is 2. The number of halogens is 2. The lowest BCUT2D eigenvalue weighted by molar-refractivity contribution is 0.0696. The first-order valence-corrected chi connectivity index (χ1v) is 5.92. The van der Waals surface area contributed by atoms with Crippen LogP contribution < -0.4 is 5.32 Å². The standard InChI is InChI=1S/C12H10Cl2N2O2/c13-8-2-1-3-9(11(8)14)16-6-10-7(12(17)18)4-5-15-10/h1-5,15-16H,6H2,(H,17,18). The summed E-state index contributed by atoms with van der Waals surface area (Å²) in [6.07, 6.45) is 1.58. The van der Waals surface area contributed by atoms with E-state index in [2.05, 4.69) is 10.3 Å². The van der Waals surface area contributed by atoms with Crippen molar-refractivity contribution in [2.24, 2.45) is 0 Å². The molecule has 2 rings (SSSR count). The molecule has 0 aliphatic carbocycles. The van der Waals surface area contributed by atoms with E-state index in [0.717, 1.165) is 0 Å². The molecule has 0 saturated heterocycles. The molecule has 0 spiro atoms. The minimum atomic E-state index is -0.967. The Hall–Kier alpha value is -1.65. The summed E-state index contributed by atoms with van der Waals surface area (Å²) in [6.45, 7) is 0.328. The molecule has 0 saturated carbocycles. The van der Waals surface area contributed by atoms with E-state index in [1.807, 2.05) is 0 Å². The molecule has 0 atom stereocenters. The lowest BCUT2D eigenvalue weighted by Crippen LogP contribution is -2.06. The van der Waals surface area contributed by atoms with Gasteiger partial charge in [-0.3, -0.25) is 0 Å². The Morgan fingerprint density at radius 1 is 1.33 bits per heavy atom. The maximum Gasteiger partial charge on any atom is 0.337 e. The van der Waals surface area contributed by atoms with E-state index in [9.17, 15) is 4.79 Å². The first kappa shape index (κ1) is 12.8. The summed E-state index contributed by atoms with van der Waals surface area (Å²) in [5.41, 5.74) is 1.48. The number of aromatic nitrogens is 1. The number of H-pyrrole nitrogens is 1. The van der Waals surface area contributed by atoms with Crippen LogP contribution in [0.2, 0.25) is 10.0 Å². The van der Waals surface area contributed by atoms with Crippen LogP contribution in [0.5, 0.6) is 0 Å². The minimum Gasteiger partial charge on any atom is -0.478 e. The van der Waals surface area contributed by atoms with Gasteiger partial charge in [-0.25, -0.2) is 4.79 Å². The van der Waals surface area contributed by atoms with Gasteiger partial charge in [0, 0.05) is 11.9 Å². The quantitative estimate of drug-likeness (QED) is 0.803. The average Bonchev–Trinajstić information content (AvgIpc) is 2.79. The summed E-state index contributed by atoms with van der Waals surface area (Å²) in [6, 6.07) is 6.74. The van der Waals surface area contributed by atoms with Crippen molar-refractivity contribution >= 4 is 34.9 Å². The molecule has 94 valence electrons. The lowest BCUT2D eigenvalue weighted by Gasteiger charge is -2.09. The summed E-state index contributed by atoms with van der Waals surface area (Å²) in [4.78, 5) is 13.8. The number of aromatic amines is 1. The number of carbonyl (C=O) groups is 1. The Morgan fingerprint density at radius 3 is 2.83 bits per heavy atom. The summed E-state index contributed by atoms with van der Waals surface area (Å²) in [5.74, 6) is -0.967. The fourth-order valence-electron chi connectivity index (χ4n) is 1.57. The van der Waals surface area contributed by atoms with Gasteiger partial charge in [-0.15, -0.1) is 0 Å². The molecule has 0 unspecified atom stereocenters. The molecule has 0 aliphatic rings. The van der Waals surface area contributed by atoms with Gasteiger partial charge in [0.25, 0.3) is 0 Å². The molecule has 0 bridgehead atoms. The molecule has 1 aromatic carbocycles. The smallest absolute Gasteiger partial charge is 0.337 e. The number of anilines is 1. The number of carboxylic acid groups (broad SMARTS) is 1. The summed E-state index contributed by atoms with van der Waals surface area (Å²) in [7, 11) is 0. The molecule has 1 aromatic heterocycles. The van der Waals surface area contributed by atoms with Gasteiger partial charge in [-0.2, -0.15) is 0 Å². The largest absolute Gasteiger partial charge is 0.478 e. The van der Waals surface area contributed by atoms with Crippen LogP contribution >= 0.6 is 23.2 Å². The molecule has 1 heterocycles. The third-order valence-electron chi connectivity index (χ3n) is 2.47. The highest BCUT2D eigenvalue weighted by Gasteiger charge is 2.11. The van der Waals surface area contributed by atoms with Gasteiger partial charge < -0.3 is 15.4 Å². The van der Waals surface area contributed by atoms with Crippen LogP contribution in [0.1, 0.15) is 16.1 Å². The number of benzene rings is 1. The SMILES string of the molecule is O=C(O)c1cc[nH]c1CNc1cccc(Cl)c1Cl. The maximum atomic E-state index is 10.9. The fourth-order valence-corrected chi connectivity index (χ4v) is 1.94. The van der Waals surface area contributed by atoms with Crippen molar-refractivity contribution in [1.82, 2.24) is 4.98 Å². The number of hydrogen-bond donors (Lipinski definition) is 3. The van der Waals surface area contributed by atoms with Crippen LogP contribution in [0.4, 0.5) is 5.69 Å². The van der Waals surface area contributed by atoms with E-state index < -0.39 is 5.97 Å². The molecule has 0 radical (unpaired) electrons. The fraction of sp³-hybridized carbons (Fsp3) is 0.0833. The Kier molecular flexibility index (Phi) is 3.79. The second kappa shape index (κ2) is 5.33. The molecule has 4 nitrogen and oxygen atoms in total. The zero-order valence-electron chi connectivity index (χ0n) is 9.21. The van der Waals surface area contributed by atoms with E-state index in [0.29, 0.717) is 28.0 Å². The maximum absolute atomic E-state index is 10.9. The summed E-state index contributed by atoms with van der Waals surface area (Å²) >= 11 is 11.9. The Labute approximate surface area is 114 Å². The third-order valence-corrected chi connectivity index (χ3v) is 3.29. The highest BCUT2D eigenvalue weighted by atomic mass is 35.5. The van der Waals surface area contributed by atoms with Crippen LogP contribution in [-0.2, 0) is 6.54 Å². The topological polar surface area (TPSA) is 65.1 Å². The minimum absolute atomic E-state index is 0.237. The number of carboxylic acids is 1. The molecule has 0 aliphatic heterocycles. The zero-order chi connectivity index (χ0) is 13.1. The second-order valence-electron chi connectivity index (χ2n) is 3.63. The van der Waals surface area contributed by atoms with Crippen LogP contribution in [0.3, 0.4) is 0 Å². The van der Waals surface area contributed by atoms with Crippen LogP contribution in [0.25, 0.3) is 0 Å². The van der Waals surface area contributed by atoms with Gasteiger partial charge in [-0.05, 0) is 18.2 Å². The van der Waals surface area contributed by atoms with Crippen molar-refractivity contribution in [3.63, 3.8) is 0 Å². The molecule has 0 fully saturated rings. The number of rotatable bonds is 4. The molecular weight excluding hydrogens is 275 g/mol. The summed E-state index contributed by atoms with van der Waals surface area (Å²) in [5, 5.41) is 12.9. The second-order valence-corrected chi connectivity index (χ2v) is 4.42. The lowest BCUT2D eigenvalue weighted by atomic mass is 10.2. The average molecular weight is 285 g/mol.